The second-order valence-electron chi connectivity index (χ2n) is 6.82. The van der Waals surface area contributed by atoms with Crippen LogP contribution >= 0.6 is 17.2 Å². The Kier molecular flexibility index (Phi) is 8.38. The maximum Gasteiger partial charge on any atom is -0.0226 e. The summed E-state index contributed by atoms with van der Waals surface area (Å²) in [7, 11) is 2.50. The molecule has 0 amide bonds. The van der Waals surface area contributed by atoms with Crippen molar-refractivity contribution in [2.24, 2.45) is 5.41 Å². The van der Waals surface area contributed by atoms with Crippen LogP contribution in [-0.4, -0.2) is 23.6 Å². The zero-order valence-electron chi connectivity index (χ0n) is 13.0. The van der Waals surface area contributed by atoms with Gasteiger partial charge in [0.25, 0.3) is 0 Å². The van der Waals surface area contributed by atoms with Gasteiger partial charge in [-0.15, -0.1) is 17.2 Å². The predicted molar refractivity (Wildman–Crippen MR) is 91.4 cm³/mol. The van der Waals surface area contributed by atoms with Crippen molar-refractivity contribution in [2.45, 2.75) is 84.0 Å². The summed E-state index contributed by atoms with van der Waals surface area (Å²) < 4.78 is 0. The molecule has 0 N–H and O–H groups in total. The number of hydrogen-bond acceptors (Lipinski definition) is 0. The van der Waals surface area contributed by atoms with Gasteiger partial charge in [0.05, 0.1) is 0 Å². The lowest BCUT2D eigenvalue weighted by molar-refractivity contribution is 0.254. The van der Waals surface area contributed by atoms with Crippen LogP contribution in [0.4, 0.5) is 0 Å². The van der Waals surface area contributed by atoms with E-state index in [1.54, 1.807) is 6.42 Å². The molecule has 0 radical (unpaired) electrons. The van der Waals surface area contributed by atoms with E-state index in [4.69, 9.17) is 0 Å². The first-order valence-electron chi connectivity index (χ1n) is 8.04. The Balaban J connectivity index is 2.34. The van der Waals surface area contributed by atoms with E-state index in [0.717, 1.165) is 11.3 Å². The summed E-state index contributed by atoms with van der Waals surface area (Å²) in [6.07, 6.45) is 13.2. The fraction of sp³-hybridized carbons (Fsp3) is 1.00. The number of rotatable bonds is 8. The Morgan fingerprint density at radius 2 is 1.33 bits per heavy atom. The number of unbranched alkanes of at least 4 members (excludes halogenated alkanes) is 2. The third kappa shape index (κ3) is 6.86. The van der Waals surface area contributed by atoms with Crippen molar-refractivity contribution in [1.82, 2.24) is 0 Å². The molecule has 1 aliphatic carbocycles. The van der Waals surface area contributed by atoms with E-state index >= 15 is 0 Å². The fourth-order valence-electron chi connectivity index (χ4n) is 3.20. The van der Waals surface area contributed by atoms with Gasteiger partial charge in [0, 0.05) is 0 Å². The minimum absolute atomic E-state index is 0.631. The van der Waals surface area contributed by atoms with Crippen molar-refractivity contribution in [3.63, 3.8) is 0 Å². The summed E-state index contributed by atoms with van der Waals surface area (Å²) in [5.41, 5.74) is 2.77. The van der Waals surface area contributed by atoms with Crippen LogP contribution in [0, 0.1) is 5.41 Å². The van der Waals surface area contributed by atoms with E-state index in [9.17, 15) is 0 Å². The summed E-state index contributed by atoms with van der Waals surface area (Å²) >= 11 is 0. The van der Waals surface area contributed by atoms with E-state index in [-0.39, 0.29) is 0 Å². The summed E-state index contributed by atoms with van der Waals surface area (Å²) in [5.74, 6) is 0. The summed E-state index contributed by atoms with van der Waals surface area (Å²) in [6, 6.07) is 0. The van der Waals surface area contributed by atoms with E-state index in [0.29, 0.717) is 5.41 Å². The molecule has 0 aliphatic heterocycles. The largest absolute Gasteiger partial charge is 0.119 e. The lowest BCUT2D eigenvalue weighted by Gasteiger charge is -2.40. The standard InChI is InChI=1S/C16H34P2/c1-5-7-9-17-14-11-15(18-10-8-6-2)13-16(3,4)12-14/h14-15,17-18H,5-13H2,1-4H3. The van der Waals surface area contributed by atoms with Crippen molar-refractivity contribution in [1.29, 1.82) is 0 Å². The van der Waals surface area contributed by atoms with Crippen molar-refractivity contribution >= 4 is 17.2 Å². The molecule has 1 saturated carbocycles. The summed E-state index contributed by atoms with van der Waals surface area (Å²) in [5, 5.41) is 0. The smallest absolute Gasteiger partial charge is 0.0226 e. The van der Waals surface area contributed by atoms with E-state index in [1.807, 2.05) is 0 Å². The van der Waals surface area contributed by atoms with E-state index in [2.05, 4.69) is 27.7 Å². The first-order valence-corrected chi connectivity index (χ1v) is 10.6. The molecule has 4 atom stereocenters. The average Bonchev–Trinajstić information content (AvgIpc) is 2.28. The van der Waals surface area contributed by atoms with Crippen molar-refractivity contribution < 1.29 is 0 Å². The molecule has 1 rings (SSSR count). The predicted octanol–water partition coefficient (Wildman–Crippen LogP) is 5.89. The molecule has 0 nitrogen and oxygen atoms in total. The zero-order valence-corrected chi connectivity index (χ0v) is 15.0. The molecular formula is C16H34P2. The van der Waals surface area contributed by atoms with Gasteiger partial charge in [-0.05, 0) is 61.2 Å². The SMILES string of the molecule is CCCCPC1CC(PCCCC)CC(C)(C)C1. The van der Waals surface area contributed by atoms with Gasteiger partial charge in [-0.1, -0.05) is 40.5 Å². The van der Waals surface area contributed by atoms with Crippen LogP contribution in [0.25, 0.3) is 0 Å². The Hall–Kier alpha value is 0.860. The fourth-order valence-corrected chi connectivity index (χ4v) is 7.67. The second-order valence-corrected chi connectivity index (χ2v) is 10.3. The third-order valence-corrected chi connectivity index (χ3v) is 7.41. The summed E-state index contributed by atoms with van der Waals surface area (Å²) in [4.78, 5) is 0. The van der Waals surface area contributed by atoms with Gasteiger partial charge in [0.15, 0.2) is 0 Å². The molecule has 0 bridgehead atoms. The topological polar surface area (TPSA) is 0 Å². The maximum atomic E-state index is 2.51. The van der Waals surface area contributed by atoms with Gasteiger partial charge in [0.2, 0.25) is 0 Å². The second kappa shape index (κ2) is 8.92. The van der Waals surface area contributed by atoms with Crippen molar-refractivity contribution in [3.05, 3.63) is 0 Å². The Bertz CT molecular complexity index is 193. The van der Waals surface area contributed by atoms with Crippen molar-refractivity contribution in [2.75, 3.05) is 12.3 Å². The van der Waals surface area contributed by atoms with Gasteiger partial charge >= 0.3 is 0 Å². The number of hydrogen-bond donors (Lipinski definition) is 0. The van der Waals surface area contributed by atoms with Gasteiger partial charge in [-0.2, -0.15) is 0 Å². The third-order valence-electron chi connectivity index (χ3n) is 4.09. The Labute approximate surface area is 119 Å². The van der Waals surface area contributed by atoms with Crippen LogP contribution in [-0.2, 0) is 0 Å². The molecular weight excluding hydrogens is 254 g/mol. The van der Waals surface area contributed by atoms with Gasteiger partial charge in [0.1, 0.15) is 0 Å². The molecule has 0 aromatic heterocycles. The maximum absolute atomic E-state index is 2.51. The van der Waals surface area contributed by atoms with Gasteiger partial charge in [-0.3, -0.25) is 0 Å². The first-order chi connectivity index (χ1) is 8.57. The molecule has 2 heteroatoms. The minimum atomic E-state index is 0.631. The molecule has 108 valence electrons. The highest BCUT2D eigenvalue weighted by Crippen LogP contribution is 2.48. The quantitative estimate of drug-likeness (QED) is 0.386. The molecule has 1 aliphatic rings. The van der Waals surface area contributed by atoms with Crippen LogP contribution < -0.4 is 0 Å². The molecule has 1 fully saturated rings. The monoisotopic (exact) mass is 288 g/mol. The molecule has 0 heterocycles. The molecule has 4 unspecified atom stereocenters. The zero-order chi connectivity index (χ0) is 13.4. The van der Waals surface area contributed by atoms with Crippen molar-refractivity contribution in [3.8, 4) is 0 Å². The molecule has 0 aromatic rings. The minimum Gasteiger partial charge on any atom is -0.119 e. The highest BCUT2D eigenvalue weighted by molar-refractivity contribution is 7.40. The van der Waals surface area contributed by atoms with E-state index in [1.165, 1.54) is 68.0 Å². The average molecular weight is 288 g/mol. The van der Waals surface area contributed by atoms with Crippen LogP contribution in [0.5, 0.6) is 0 Å². The first kappa shape index (κ1) is 16.9. The normalized spacial score (nSPS) is 28.7. The lowest BCUT2D eigenvalue weighted by Crippen LogP contribution is -2.31. The van der Waals surface area contributed by atoms with Crippen LogP contribution in [0.2, 0.25) is 0 Å². The van der Waals surface area contributed by atoms with Gasteiger partial charge < -0.3 is 0 Å². The van der Waals surface area contributed by atoms with E-state index < -0.39 is 0 Å². The highest BCUT2D eigenvalue weighted by atomic mass is 31.1. The lowest BCUT2D eigenvalue weighted by atomic mass is 9.77. The van der Waals surface area contributed by atoms with Gasteiger partial charge in [-0.25, -0.2) is 0 Å². The molecule has 18 heavy (non-hydrogen) atoms. The van der Waals surface area contributed by atoms with Crippen LogP contribution in [0.3, 0.4) is 0 Å². The molecule has 0 spiro atoms. The molecule has 0 saturated heterocycles. The Morgan fingerprint density at radius 1 is 0.889 bits per heavy atom. The Morgan fingerprint density at radius 3 is 1.72 bits per heavy atom. The summed E-state index contributed by atoms with van der Waals surface area (Å²) in [6.45, 7) is 9.68. The molecule has 0 aromatic carbocycles. The van der Waals surface area contributed by atoms with Crippen LogP contribution in [0.1, 0.15) is 72.6 Å². The highest BCUT2D eigenvalue weighted by Gasteiger charge is 2.33. The van der Waals surface area contributed by atoms with Crippen LogP contribution in [0.15, 0.2) is 0 Å².